The molecule has 0 saturated carbocycles. The maximum Gasteiger partial charge on any atom is 0.311 e. The first kappa shape index (κ1) is 17.9. The van der Waals surface area contributed by atoms with Gasteiger partial charge in [-0.05, 0) is 12.8 Å². The summed E-state index contributed by atoms with van der Waals surface area (Å²) in [6.07, 6.45) is 3.93. The summed E-state index contributed by atoms with van der Waals surface area (Å²) < 4.78 is 9.15. The molecule has 20 heavy (non-hydrogen) atoms. The zero-order valence-electron chi connectivity index (χ0n) is 11.9. The van der Waals surface area contributed by atoms with Crippen LogP contribution in [0.25, 0.3) is 0 Å². The van der Waals surface area contributed by atoms with Gasteiger partial charge in [-0.1, -0.05) is 19.3 Å². The number of carbonyl (C=O) groups is 2. The highest BCUT2D eigenvalue weighted by Gasteiger charge is 2.28. The highest BCUT2D eigenvalue weighted by molar-refractivity contribution is 5.73. The van der Waals surface area contributed by atoms with Gasteiger partial charge < -0.3 is 9.47 Å². The third-order valence-electron chi connectivity index (χ3n) is 3.06. The third kappa shape index (κ3) is 6.75. The Morgan fingerprint density at radius 3 is 2.10 bits per heavy atom. The Bertz CT molecular complexity index is 381. The van der Waals surface area contributed by atoms with Gasteiger partial charge in [0.25, 0.3) is 0 Å². The van der Waals surface area contributed by atoms with Crippen LogP contribution in [0, 0.1) is 34.5 Å². The fraction of sp³-hybridized carbons (Fsp3) is 0.714. The fourth-order valence-corrected chi connectivity index (χ4v) is 1.87. The van der Waals surface area contributed by atoms with E-state index < -0.39 is 17.8 Å². The van der Waals surface area contributed by atoms with Gasteiger partial charge in [-0.2, -0.15) is 10.5 Å². The molecule has 0 spiro atoms. The number of nitriles is 2. The van der Waals surface area contributed by atoms with Crippen LogP contribution in [0.5, 0.6) is 0 Å². The number of methoxy groups -OCH3 is 2. The molecule has 0 saturated heterocycles. The summed E-state index contributed by atoms with van der Waals surface area (Å²) >= 11 is 0. The van der Waals surface area contributed by atoms with E-state index >= 15 is 0 Å². The van der Waals surface area contributed by atoms with Crippen LogP contribution in [0.15, 0.2) is 0 Å². The van der Waals surface area contributed by atoms with Crippen LogP contribution in [0.3, 0.4) is 0 Å². The Hall–Kier alpha value is -2.08. The van der Waals surface area contributed by atoms with Crippen molar-refractivity contribution >= 4 is 11.9 Å². The molecule has 0 radical (unpaired) electrons. The standard InChI is InChI=1S/C14H20N2O4/c1-19-13(17)8-6-4-3-5-7-12(14(18)20-2)11(9-15)10-16/h11-12H,3-8H2,1-2H3. The highest BCUT2D eigenvalue weighted by Crippen LogP contribution is 2.20. The lowest BCUT2D eigenvalue weighted by Gasteiger charge is -2.14. The van der Waals surface area contributed by atoms with E-state index in [1.165, 1.54) is 14.2 Å². The molecular formula is C14H20N2O4. The van der Waals surface area contributed by atoms with Crippen LogP contribution >= 0.6 is 0 Å². The number of rotatable bonds is 9. The molecular weight excluding hydrogens is 260 g/mol. The summed E-state index contributed by atoms with van der Waals surface area (Å²) in [6, 6.07) is 3.64. The van der Waals surface area contributed by atoms with Crippen molar-refractivity contribution in [3.8, 4) is 12.1 Å². The molecule has 0 aliphatic heterocycles. The van der Waals surface area contributed by atoms with Gasteiger partial charge in [0.15, 0.2) is 0 Å². The van der Waals surface area contributed by atoms with Crippen LogP contribution in [0.1, 0.15) is 38.5 Å². The number of nitrogens with zero attached hydrogens (tertiary/aromatic N) is 2. The van der Waals surface area contributed by atoms with Crippen molar-refractivity contribution in [2.75, 3.05) is 14.2 Å². The number of hydrogen-bond acceptors (Lipinski definition) is 6. The van der Waals surface area contributed by atoms with Crippen molar-refractivity contribution in [3.05, 3.63) is 0 Å². The largest absolute Gasteiger partial charge is 0.469 e. The minimum absolute atomic E-state index is 0.230. The molecule has 0 rings (SSSR count). The third-order valence-corrected chi connectivity index (χ3v) is 3.06. The number of hydrogen-bond donors (Lipinski definition) is 0. The predicted molar refractivity (Wildman–Crippen MR) is 69.9 cm³/mol. The molecule has 0 N–H and O–H groups in total. The van der Waals surface area contributed by atoms with Crippen molar-refractivity contribution in [1.29, 1.82) is 10.5 Å². The predicted octanol–water partition coefficient (Wildman–Crippen LogP) is 1.95. The van der Waals surface area contributed by atoms with Crippen molar-refractivity contribution in [2.45, 2.75) is 38.5 Å². The van der Waals surface area contributed by atoms with Gasteiger partial charge >= 0.3 is 11.9 Å². The van der Waals surface area contributed by atoms with Crippen molar-refractivity contribution < 1.29 is 19.1 Å². The summed E-state index contributed by atoms with van der Waals surface area (Å²) in [5.74, 6) is -2.42. The average Bonchev–Trinajstić information content (AvgIpc) is 2.48. The number of unbranched alkanes of at least 4 members (excludes halogenated alkanes) is 3. The SMILES string of the molecule is COC(=O)CCCCCCC(C(=O)OC)C(C#N)C#N. The first-order valence-corrected chi connectivity index (χ1v) is 6.54. The van der Waals surface area contributed by atoms with Gasteiger partial charge in [0, 0.05) is 6.42 Å². The lowest BCUT2D eigenvalue weighted by Crippen LogP contribution is -2.23. The molecule has 0 bridgehead atoms. The average molecular weight is 280 g/mol. The van der Waals surface area contributed by atoms with Gasteiger partial charge in [-0.3, -0.25) is 9.59 Å². The van der Waals surface area contributed by atoms with E-state index in [0.29, 0.717) is 19.3 Å². The lowest BCUT2D eigenvalue weighted by molar-refractivity contribution is -0.146. The first-order valence-electron chi connectivity index (χ1n) is 6.54. The van der Waals surface area contributed by atoms with E-state index in [4.69, 9.17) is 10.5 Å². The summed E-state index contributed by atoms with van der Waals surface area (Å²) in [4.78, 5) is 22.4. The summed E-state index contributed by atoms with van der Waals surface area (Å²) in [5.41, 5.74) is 0. The second kappa shape index (κ2) is 10.8. The maximum absolute atomic E-state index is 11.5. The monoisotopic (exact) mass is 280 g/mol. The molecule has 0 fully saturated rings. The van der Waals surface area contributed by atoms with Gasteiger partial charge in [-0.25, -0.2) is 0 Å². The minimum Gasteiger partial charge on any atom is -0.469 e. The zero-order chi connectivity index (χ0) is 15.4. The van der Waals surface area contributed by atoms with Gasteiger partial charge in [0.1, 0.15) is 5.92 Å². The summed E-state index contributed by atoms with van der Waals surface area (Å²) in [7, 11) is 2.60. The molecule has 6 nitrogen and oxygen atoms in total. The topological polar surface area (TPSA) is 100 Å². The molecule has 1 unspecified atom stereocenters. The number of ether oxygens (including phenoxy) is 2. The van der Waals surface area contributed by atoms with Crippen LogP contribution in [-0.2, 0) is 19.1 Å². The van der Waals surface area contributed by atoms with Crippen molar-refractivity contribution in [3.63, 3.8) is 0 Å². The Balaban J connectivity index is 4.05. The summed E-state index contributed by atoms with van der Waals surface area (Å²) in [6.45, 7) is 0. The van der Waals surface area contributed by atoms with Crippen molar-refractivity contribution in [1.82, 2.24) is 0 Å². The van der Waals surface area contributed by atoms with Crippen LogP contribution in [0.4, 0.5) is 0 Å². The summed E-state index contributed by atoms with van der Waals surface area (Å²) in [5, 5.41) is 17.7. The Morgan fingerprint density at radius 1 is 1.00 bits per heavy atom. The highest BCUT2D eigenvalue weighted by atomic mass is 16.5. The molecule has 0 heterocycles. The molecule has 0 aliphatic carbocycles. The fourth-order valence-electron chi connectivity index (χ4n) is 1.87. The van der Waals surface area contributed by atoms with E-state index in [0.717, 1.165) is 19.3 Å². The van der Waals surface area contributed by atoms with Crippen LogP contribution < -0.4 is 0 Å². The minimum atomic E-state index is -0.975. The van der Waals surface area contributed by atoms with E-state index in [1.807, 2.05) is 12.1 Å². The lowest BCUT2D eigenvalue weighted by atomic mass is 9.89. The molecule has 0 amide bonds. The quantitative estimate of drug-likeness (QED) is 0.472. The van der Waals surface area contributed by atoms with Gasteiger partial charge in [0.2, 0.25) is 0 Å². The van der Waals surface area contributed by atoms with E-state index in [-0.39, 0.29) is 5.97 Å². The van der Waals surface area contributed by atoms with E-state index in [2.05, 4.69) is 9.47 Å². The van der Waals surface area contributed by atoms with Gasteiger partial charge in [0.05, 0.1) is 32.3 Å². The molecule has 0 aromatic heterocycles. The molecule has 6 heteroatoms. The van der Waals surface area contributed by atoms with E-state index in [1.54, 1.807) is 0 Å². The second-order valence-corrected chi connectivity index (χ2v) is 4.39. The first-order chi connectivity index (χ1) is 9.60. The Morgan fingerprint density at radius 2 is 1.60 bits per heavy atom. The number of carbonyl (C=O) groups excluding carboxylic acids is 2. The molecule has 0 aromatic rings. The maximum atomic E-state index is 11.5. The molecule has 0 aliphatic rings. The van der Waals surface area contributed by atoms with Crippen molar-refractivity contribution in [2.24, 2.45) is 11.8 Å². The molecule has 110 valence electrons. The number of esters is 2. The van der Waals surface area contributed by atoms with Crippen LogP contribution in [0.2, 0.25) is 0 Å². The Labute approximate surface area is 119 Å². The normalized spacial score (nSPS) is 11.2. The Kier molecular flexibility index (Phi) is 9.68. The molecule has 0 aromatic carbocycles. The second-order valence-electron chi connectivity index (χ2n) is 4.39. The van der Waals surface area contributed by atoms with Crippen LogP contribution in [-0.4, -0.2) is 26.2 Å². The smallest absolute Gasteiger partial charge is 0.311 e. The molecule has 1 atom stereocenters. The van der Waals surface area contributed by atoms with Gasteiger partial charge in [-0.15, -0.1) is 0 Å². The zero-order valence-corrected chi connectivity index (χ0v) is 11.9. The van der Waals surface area contributed by atoms with E-state index in [9.17, 15) is 9.59 Å².